The van der Waals surface area contributed by atoms with Crippen molar-refractivity contribution in [1.29, 1.82) is 0 Å². The van der Waals surface area contributed by atoms with Crippen LogP contribution in [0.4, 0.5) is 5.95 Å². The van der Waals surface area contributed by atoms with E-state index in [9.17, 15) is 0 Å². The lowest BCUT2D eigenvalue weighted by atomic mass is 10.1. The molecule has 0 radical (unpaired) electrons. The average molecular weight is 265 g/mol. The fraction of sp³-hybridized carbons (Fsp3) is 0.769. The third kappa shape index (κ3) is 4.72. The van der Waals surface area contributed by atoms with Gasteiger partial charge >= 0.3 is 0 Å². The van der Waals surface area contributed by atoms with Crippen molar-refractivity contribution < 1.29 is 4.74 Å². The zero-order valence-electron chi connectivity index (χ0n) is 11.8. The minimum absolute atomic E-state index is 0.431. The van der Waals surface area contributed by atoms with Crippen molar-refractivity contribution in [2.45, 2.75) is 39.2 Å². The largest absolute Gasteiger partial charge is 0.378 e. The van der Waals surface area contributed by atoms with Gasteiger partial charge in [0.05, 0.1) is 17.5 Å². The summed E-state index contributed by atoms with van der Waals surface area (Å²) in [6.07, 6.45) is 3.64. The van der Waals surface area contributed by atoms with Gasteiger partial charge < -0.3 is 15.4 Å². The van der Waals surface area contributed by atoms with E-state index in [4.69, 9.17) is 4.74 Å². The summed E-state index contributed by atoms with van der Waals surface area (Å²) >= 11 is 0. The molecule has 2 N–H and O–H groups in total. The lowest BCUT2D eigenvalue weighted by molar-refractivity contribution is 0.0329. The molecule has 1 fully saturated rings. The van der Waals surface area contributed by atoms with Crippen molar-refractivity contribution in [3.05, 3.63) is 11.4 Å². The summed E-state index contributed by atoms with van der Waals surface area (Å²) in [5.74, 6) is 0.602. The molecule has 0 amide bonds. The van der Waals surface area contributed by atoms with Crippen LogP contribution >= 0.6 is 0 Å². The summed E-state index contributed by atoms with van der Waals surface area (Å²) in [4.78, 5) is 4.33. The zero-order chi connectivity index (χ0) is 13.5. The molecule has 0 unspecified atom stereocenters. The van der Waals surface area contributed by atoms with Crippen LogP contribution in [0.1, 0.15) is 30.7 Å². The SMILES string of the molecule is Cc1nnc(NCCCOC2CCNCC2)nc1C. The summed E-state index contributed by atoms with van der Waals surface area (Å²) in [5.41, 5.74) is 1.79. The molecule has 1 aliphatic rings. The smallest absolute Gasteiger partial charge is 0.242 e. The van der Waals surface area contributed by atoms with Gasteiger partial charge in [-0.05, 0) is 46.2 Å². The highest BCUT2D eigenvalue weighted by molar-refractivity contribution is 5.24. The molecule has 19 heavy (non-hydrogen) atoms. The van der Waals surface area contributed by atoms with Gasteiger partial charge in [-0.25, -0.2) is 4.98 Å². The number of ether oxygens (including phenoxy) is 1. The number of rotatable bonds is 6. The molecule has 2 rings (SSSR count). The maximum Gasteiger partial charge on any atom is 0.242 e. The molecule has 0 aromatic carbocycles. The van der Waals surface area contributed by atoms with Crippen LogP contribution in [0.5, 0.6) is 0 Å². The molecular formula is C13H23N5O. The standard InChI is InChI=1S/C13H23N5O/c1-10-11(2)17-18-13(16-10)15-6-3-9-19-12-4-7-14-8-5-12/h12,14H,3-9H2,1-2H3,(H,15,16,18). The highest BCUT2D eigenvalue weighted by Crippen LogP contribution is 2.07. The molecule has 0 bridgehead atoms. The van der Waals surface area contributed by atoms with Crippen molar-refractivity contribution in [2.24, 2.45) is 0 Å². The molecule has 6 nitrogen and oxygen atoms in total. The van der Waals surface area contributed by atoms with Crippen LogP contribution in [0.3, 0.4) is 0 Å². The van der Waals surface area contributed by atoms with E-state index in [-0.39, 0.29) is 0 Å². The molecule has 0 spiro atoms. The van der Waals surface area contributed by atoms with E-state index < -0.39 is 0 Å². The molecular weight excluding hydrogens is 242 g/mol. The third-order valence-electron chi connectivity index (χ3n) is 3.34. The Labute approximate surface area is 114 Å². The molecule has 1 saturated heterocycles. The Balaban J connectivity index is 1.59. The Hall–Kier alpha value is -1.27. The van der Waals surface area contributed by atoms with Crippen molar-refractivity contribution in [1.82, 2.24) is 20.5 Å². The van der Waals surface area contributed by atoms with Crippen LogP contribution in [0.15, 0.2) is 0 Å². The molecule has 0 aliphatic carbocycles. The number of hydrogen-bond acceptors (Lipinski definition) is 6. The Morgan fingerprint density at radius 3 is 2.74 bits per heavy atom. The summed E-state index contributed by atoms with van der Waals surface area (Å²) in [5, 5.41) is 14.5. The predicted octanol–water partition coefficient (Wildman–Crippen LogP) is 1.06. The normalized spacial score (nSPS) is 16.5. The van der Waals surface area contributed by atoms with E-state index in [1.807, 2.05) is 13.8 Å². The summed E-state index contributed by atoms with van der Waals surface area (Å²) < 4.78 is 5.83. The molecule has 1 aromatic rings. The topological polar surface area (TPSA) is 72.0 Å². The third-order valence-corrected chi connectivity index (χ3v) is 3.34. The van der Waals surface area contributed by atoms with Crippen LogP contribution < -0.4 is 10.6 Å². The van der Waals surface area contributed by atoms with E-state index in [1.165, 1.54) is 0 Å². The molecule has 1 aromatic heterocycles. The molecule has 6 heteroatoms. The van der Waals surface area contributed by atoms with Crippen molar-refractivity contribution in [2.75, 3.05) is 31.6 Å². The Kier molecular flexibility index (Phi) is 5.47. The molecule has 106 valence electrons. The van der Waals surface area contributed by atoms with Gasteiger partial charge in [0.1, 0.15) is 0 Å². The van der Waals surface area contributed by atoms with Crippen molar-refractivity contribution in [3.63, 3.8) is 0 Å². The second-order valence-corrected chi connectivity index (χ2v) is 4.91. The highest BCUT2D eigenvalue weighted by atomic mass is 16.5. The average Bonchev–Trinajstić information content (AvgIpc) is 2.43. The lowest BCUT2D eigenvalue weighted by Crippen LogP contribution is -2.32. The predicted molar refractivity (Wildman–Crippen MR) is 74.3 cm³/mol. The number of nitrogens with zero attached hydrogens (tertiary/aromatic N) is 3. The molecule has 1 aliphatic heterocycles. The van der Waals surface area contributed by atoms with Crippen LogP contribution in [0.2, 0.25) is 0 Å². The van der Waals surface area contributed by atoms with Crippen molar-refractivity contribution >= 4 is 5.95 Å². The number of aromatic nitrogens is 3. The maximum absolute atomic E-state index is 5.83. The van der Waals surface area contributed by atoms with Gasteiger partial charge in [-0.2, -0.15) is 5.10 Å². The summed E-state index contributed by atoms with van der Waals surface area (Å²) in [6, 6.07) is 0. The number of piperidine rings is 1. The second kappa shape index (κ2) is 7.35. The fourth-order valence-electron chi connectivity index (χ4n) is 2.02. The van der Waals surface area contributed by atoms with Gasteiger partial charge in [0.2, 0.25) is 5.95 Å². The first-order chi connectivity index (χ1) is 9.25. The van der Waals surface area contributed by atoms with Crippen LogP contribution in [0, 0.1) is 13.8 Å². The molecule has 2 heterocycles. The first-order valence-corrected chi connectivity index (χ1v) is 7.00. The van der Waals surface area contributed by atoms with Gasteiger partial charge in [0, 0.05) is 13.2 Å². The van der Waals surface area contributed by atoms with E-state index in [2.05, 4.69) is 25.8 Å². The van der Waals surface area contributed by atoms with Gasteiger partial charge in [0.25, 0.3) is 0 Å². The number of hydrogen-bond donors (Lipinski definition) is 2. The minimum Gasteiger partial charge on any atom is -0.378 e. The Bertz CT molecular complexity index is 393. The lowest BCUT2D eigenvalue weighted by Gasteiger charge is -2.22. The maximum atomic E-state index is 5.83. The fourth-order valence-corrected chi connectivity index (χ4v) is 2.02. The minimum atomic E-state index is 0.431. The molecule has 0 saturated carbocycles. The van der Waals surface area contributed by atoms with E-state index in [1.54, 1.807) is 0 Å². The monoisotopic (exact) mass is 265 g/mol. The quantitative estimate of drug-likeness (QED) is 0.749. The van der Waals surface area contributed by atoms with Crippen LogP contribution in [0.25, 0.3) is 0 Å². The van der Waals surface area contributed by atoms with Crippen molar-refractivity contribution in [3.8, 4) is 0 Å². The first kappa shape index (κ1) is 14.1. The highest BCUT2D eigenvalue weighted by Gasteiger charge is 2.12. The number of aryl methyl sites for hydroxylation is 2. The van der Waals surface area contributed by atoms with Crippen LogP contribution in [-0.4, -0.2) is 47.5 Å². The van der Waals surface area contributed by atoms with Gasteiger partial charge in [-0.1, -0.05) is 0 Å². The second-order valence-electron chi connectivity index (χ2n) is 4.91. The first-order valence-electron chi connectivity index (χ1n) is 7.00. The van der Waals surface area contributed by atoms with Gasteiger partial charge in [0.15, 0.2) is 0 Å². The Morgan fingerprint density at radius 2 is 2.00 bits per heavy atom. The molecule has 0 atom stereocenters. The van der Waals surface area contributed by atoms with E-state index >= 15 is 0 Å². The van der Waals surface area contributed by atoms with Gasteiger partial charge in [-0.15, -0.1) is 5.10 Å². The zero-order valence-corrected chi connectivity index (χ0v) is 11.8. The Morgan fingerprint density at radius 1 is 1.21 bits per heavy atom. The summed E-state index contributed by atoms with van der Waals surface area (Å²) in [6.45, 7) is 7.60. The summed E-state index contributed by atoms with van der Waals surface area (Å²) in [7, 11) is 0. The van der Waals surface area contributed by atoms with E-state index in [0.29, 0.717) is 12.1 Å². The van der Waals surface area contributed by atoms with E-state index in [0.717, 1.165) is 56.9 Å². The number of anilines is 1. The van der Waals surface area contributed by atoms with Gasteiger partial charge in [-0.3, -0.25) is 0 Å². The van der Waals surface area contributed by atoms with Crippen LogP contribution in [-0.2, 0) is 4.74 Å². The number of nitrogens with one attached hydrogen (secondary N) is 2.